The van der Waals surface area contributed by atoms with Crippen molar-refractivity contribution in [2.75, 3.05) is 34.0 Å². The molecule has 0 aromatic heterocycles. The standard InChI is InChI=1S/C21H27ClO6/c1-4-27-19(23)9-6-15-12-16(22)7-8-18(15)21(10-5-11-21)20(24)28-17(13-25-2)14-26-3/h6-9,12,17H,4-5,10-11,13-14H2,1-3H3/b9-6+. The fourth-order valence-corrected chi connectivity index (χ4v) is 3.50. The van der Waals surface area contributed by atoms with E-state index in [4.69, 9.17) is 30.5 Å². The first-order chi connectivity index (χ1) is 13.5. The maximum Gasteiger partial charge on any atom is 0.330 e. The Morgan fingerprint density at radius 1 is 1.21 bits per heavy atom. The molecular formula is C21H27ClO6. The predicted octanol–water partition coefficient (Wildman–Crippen LogP) is 3.54. The van der Waals surface area contributed by atoms with Gasteiger partial charge in [-0.2, -0.15) is 0 Å². The molecule has 0 radical (unpaired) electrons. The number of hydrogen-bond donors (Lipinski definition) is 0. The van der Waals surface area contributed by atoms with Crippen molar-refractivity contribution in [3.05, 3.63) is 40.4 Å². The van der Waals surface area contributed by atoms with Crippen LogP contribution in [0.1, 0.15) is 37.3 Å². The van der Waals surface area contributed by atoms with Crippen LogP contribution in [0.5, 0.6) is 0 Å². The summed E-state index contributed by atoms with van der Waals surface area (Å²) in [6.07, 6.45) is 4.74. The Balaban J connectivity index is 2.31. The topological polar surface area (TPSA) is 71.1 Å². The summed E-state index contributed by atoms with van der Waals surface area (Å²) >= 11 is 6.15. The molecule has 1 aliphatic rings. The Hall–Kier alpha value is -1.89. The molecule has 28 heavy (non-hydrogen) atoms. The second-order valence-electron chi connectivity index (χ2n) is 6.69. The third-order valence-electron chi connectivity index (χ3n) is 4.79. The van der Waals surface area contributed by atoms with Gasteiger partial charge in [-0.25, -0.2) is 4.79 Å². The van der Waals surface area contributed by atoms with Gasteiger partial charge in [-0.15, -0.1) is 0 Å². The molecular weight excluding hydrogens is 384 g/mol. The minimum Gasteiger partial charge on any atom is -0.463 e. The summed E-state index contributed by atoms with van der Waals surface area (Å²) in [5.41, 5.74) is 0.730. The first kappa shape index (κ1) is 22.4. The van der Waals surface area contributed by atoms with Crippen LogP contribution < -0.4 is 0 Å². The number of benzene rings is 1. The van der Waals surface area contributed by atoms with Crippen LogP contribution in [0.15, 0.2) is 24.3 Å². The molecule has 7 heteroatoms. The summed E-state index contributed by atoms with van der Waals surface area (Å²) in [5, 5.41) is 0.520. The van der Waals surface area contributed by atoms with E-state index in [1.165, 1.54) is 6.08 Å². The SMILES string of the molecule is CCOC(=O)/C=C/c1cc(Cl)ccc1C1(C(=O)OC(COC)COC)CCC1. The van der Waals surface area contributed by atoms with Gasteiger partial charge in [0.2, 0.25) is 0 Å². The highest BCUT2D eigenvalue weighted by Gasteiger charge is 2.48. The summed E-state index contributed by atoms with van der Waals surface area (Å²) in [5.74, 6) is -0.759. The molecule has 0 unspecified atom stereocenters. The fraction of sp³-hybridized carbons (Fsp3) is 0.524. The van der Waals surface area contributed by atoms with Crippen molar-refractivity contribution < 1.29 is 28.5 Å². The maximum absolute atomic E-state index is 13.1. The molecule has 154 valence electrons. The summed E-state index contributed by atoms with van der Waals surface area (Å²) in [6.45, 7) is 2.55. The highest BCUT2D eigenvalue weighted by atomic mass is 35.5. The van der Waals surface area contributed by atoms with E-state index in [0.29, 0.717) is 30.0 Å². The molecule has 2 rings (SSSR count). The number of halogens is 1. The average Bonchev–Trinajstić information content (AvgIpc) is 2.61. The molecule has 0 bridgehead atoms. The first-order valence-electron chi connectivity index (χ1n) is 9.30. The highest BCUT2D eigenvalue weighted by molar-refractivity contribution is 6.30. The largest absolute Gasteiger partial charge is 0.463 e. The van der Waals surface area contributed by atoms with E-state index in [9.17, 15) is 9.59 Å². The number of carbonyl (C=O) groups is 2. The van der Waals surface area contributed by atoms with Gasteiger partial charge in [-0.3, -0.25) is 4.79 Å². The number of hydrogen-bond acceptors (Lipinski definition) is 6. The van der Waals surface area contributed by atoms with Crippen LogP contribution in [-0.2, 0) is 34.0 Å². The second kappa shape index (κ2) is 10.6. The Morgan fingerprint density at radius 3 is 2.43 bits per heavy atom. The van der Waals surface area contributed by atoms with E-state index >= 15 is 0 Å². The van der Waals surface area contributed by atoms with Gasteiger partial charge < -0.3 is 18.9 Å². The second-order valence-corrected chi connectivity index (χ2v) is 7.13. The lowest BCUT2D eigenvalue weighted by Gasteiger charge is -2.41. The van der Waals surface area contributed by atoms with Crippen molar-refractivity contribution in [3.8, 4) is 0 Å². The van der Waals surface area contributed by atoms with E-state index in [0.717, 1.165) is 12.0 Å². The molecule has 1 saturated carbocycles. The smallest absolute Gasteiger partial charge is 0.330 e. The number of rotatable bonds is 10. The Bertz CT molecular complexity index is 705. The molecule has 0 aliphatic heterocycles. The van der Waals surface area contributed by atoms with Crippen LogP contribution in [0.2, 0.25) is 5.02 Å². The van der Waals surface area contributed by atoms with Crippen molar-refractivity contribution >= 4 is 29.6 Å². The van der Waals surface area contributed by atoms with Gasteiger partial charge in [0, 0.05) is 25.3 Å². The number of ether oxygens (including phenoxy) is 4. The monoisotopic (exact) mass is 410 g/mol. The summed E-state index contributed by atoms with van der Waals surface area (Å²) in [4.78, 5) is 24.8. The molecule has 0 spiro atoms. The third-order valence-corrected chi connectivity index (χ3v) is 5.03. The van der Waals surface area contributed by atoms with Crippen molar-refractivity contribution in [1.82, 2.24) is 0 Å². The van der Waals surface area contributed by atoms with Crippen LogP contribution in [0.3, 0.4) is 0 Å². The zero-order chi connectivity index (χ0) is 20.6. The highest BCUT2D eigenvalue weighted by Crippen LogP contribution is 2.47. The fourth-order valence-electron chi connectivity index (χ4n) is 3.32. The minimum absolute atomic E-state index is 0.256. The molecule has 0 atom stereocenters. The predicted molar refractivity (Wildman–Crippen MR) is 106 cm³/mol. The zero-order valence-corrected chi connectivity index (χ0v) is 17.3. The van der Waals surface area contributed by atoms with Gasteiger partial charge in [0.1, 0.15) is 6.10 Å². The van der Waals surface area contributed by atoms with Gasteiger partial charge in [0.15, 0.2) is 0 Å². The lowest BCUT2D eigenvalue weighted by atomic mass is 9.63. The summed E-state index contributed by atoms with van der Waals surface area (Å²) < 4.78 is 20.9. The molecule has 1 fully saturated rings. The lowest BCUT2D eigenvalue weighted by molar-refractivity contribution is -0.165. The molecule has 1 aromatic rings. The molecule has 0 heterocycles. The van der Waals surface area contributed by atoms with Gasteiger partial charge in [0.05, 0.1) is 25.2 Å². The van der Waals surface area contributed by atoms with Crippen molar-refractivity contribution in [3.63, 3.8) is 0 Å². The number of methoxy groups -OCH3 is 2. The quantitative estimate of drug-likeness (QED) is 0.434. The van der Waals surface area contributed by atoms with Gasteiger partial charge in [-0.1, -0.05) is 24.1 Å². The van der Waals surface area contributed by atoms with Crippen molar-refractivity contribution in [2.24, 2.45) is 0 Å². The van der Waals surface area contributed by atoms with E-state index in [2.05, 4.69) is 0 Å². The molecule has 1 aliphatic carbocycles. The molecule has 0 saturated heterocycles. The first-order valence-corrected chi connectivity index (χ1v) is 9.68. The zero-order valence-electron chi connectivity index (χ0n) is 16.5. The van der Waals surface area contributed by atoms with Gasteiger partial charge in [-0.05, 0) is 49.1 Å². The lowest BCUT2D eigenvalue weighted by Crippen LogP contribution is -2.46. The van der Waals surface area contributed by atoms with E-state index in [1.807, 2.05) is 6.07 Å². The van der Waals surface area contributed by atoms with Crippen LogP contribution in [0, 0.1) is 0 Å². The summed E-state index contributed by atoms with van der Waals surface area (Å²) in [6, 6.07) is 5.31. The third kappa shape index (κ3) is 5.34. The van der Waals surface area contributed by atoms with Gasteiger partial charge >= 0.3 is 11.9 Å². The average molecular weight is 411 g/mol. The van der Waals surface area contributed by atoms with Crippen LogP contribution >= 0.6 is 11.6 Å². The number of esters is 2. The molecule has 0 N–H and O–H groups in total. The Labute approximate surface area is 170 Å². The Kier molecular flexibility index (Phi) is 8.48. The van der Waals surface area contributed by atoms with E-state index in [-0.39, 0.29) is 19.2 Å². The normalized spacial score (nSPS) is 15.5. The summed E-state index contributed by atoms with van der Waals surface area (Å²) in [7, 11) is 3.10. The maximum atomic E-state index is 13.1. The molecule has 1 aromatic carbocycles. The van der Waals surface area contributed by atoms with Crippen molar-refractivity contribution in [1.29, 1.82) is 0 Å². The number of carbonyl (C=O) groups excluding carboxylic acids is 2. The molecule has 0 amide bonds. The Morgan fingerprint density at radius 2 is 1.89 bits per heavy atom. The molecule has 6 nitrogen and oxygen atoms in total. The van der Waals surface area contributed by atoms with Crippen LogP contribution in [0.4, 0.5) is 0 Å². The van der Waals surface area contributed by atoms with E-state index < -0.39 is 17.5 Å². The van der Waals surface area contributed by atoms with E-state index in [1.54, 1.807) is 39.4 Å². The van der Waals surface area contributed by atoms with Gasteiger partial charge in [0.25, 0.3) is 0 Å². The van der Waals surface area contributed by atoms with Crippen LogP contribution in [-0.4, -0.2) is 52.1 Å². The van der Waals surface area contributed by atoms with Crippen molar-refractivity contribution in [2.45, 2.75) is 37.7 Å². The van der Waals surface area contributed by atoms with Crippen LogP contribution in [0.25, 0.3) is 6.08 Å². The minimum atomic E-state index is -0.765.